The molecule has 2 heterocycles. The summed E-state index contributed by atoms with van der Waals surface area (Å²) in [6.45, 7) is 11.7. The van der Waals surface area contributed by atoms with Gasteiger partial charge in [-0.05, 0) is 77.2 Å². The zero-order valence-electron chi connectivity index (χ0n) is 43.8. The van der Waals surface area contributed by atoms with E-state index in [2.05, 4.69) is 11.1 Å². The Hall–Kier alpha value is -5.57. The Morgan fingerprint density at radius 2 is 1.44 bits per heavy atom. The minimum Gasteiger partial charge on any atom is -0.507 e. The average Bonchev–Trinajstić information content (AvgIpc) is 3.66. The number of benzene rings is 6. The van der Waals surface area contributed by atoms with Crippen LogP contribution >= 0.6 is 0 Å². The van der Waals surface area contributed by atoms with E-state index in [4.69, 9.17) is 18.7 Å². The molecule has 57 heavy (non-hydrogen) atoms. The molecule has 1 N–H and O–H groups in total. The topological polar surface area (TPSA) is 50.9 Å². The molecule has 0 amide bonds. The van der Waals surface area contributed by atoms with Crippen LogP contribution in [0.2, 0.25) is 0 Å². The summed E-state index contributed by atoms with van der Waals surface area (Å²) in [5.74, 6) is 0.441. The number of aromatic hydroxyl groups is 1. The smallest absolute Gasteiger partial charge is 0.148 e. The van der Waals surface area contributed by atoms with Gasteiger partial charge in [-0.3, -0.25) is 9.55 Å². The van der Waals surface area contributed by atoms with Gasteiger partial charge in [-0.25, -0.2) is 4.98 Å². The summed E-state index contributed by atoms with van der Waals surface area (Å²) >= 11 is 0. The molecule has 6 aromatic carbocycles. The number of aryl methyl sites for hydroxylation is 2. The van der Waals surface area contributed by atoms with Gasteiger partial charge in [0, 0.05) is 48.2 Å². The second-order valence-corrected chi connectivity index (χ2v) is 16.1. The number of pyridine rings is 1. The number of nitrogens with zero attached hydrogens (tertiary/aromatic N) is 3. The summed E-state index contributed by atoms with van der Waals surface area (Å²) in [4.78, 5) is 9.77. The van der Waals surface area contributed by atoms with Gasteiger partial charge in [0.05, 0.1) is 33.3 Å². The van der Waals surface area contributed by atoms with Gasteiger partial charge < -0.3 is 5.11 Å². The van der Waals surface area contributed by atoms with Gasteiger partial charge in [-0.1, -0.05) is 149 Å². The molecule has 0 aliphatic heterocycles. The number of hydrogen-bond donors (Lipinski definition) is 1. The monoisotopic (exact) mass is 936 g/mol. The van der Waals surface area contributed by atoms with Crippen LogP contribution in [0.4, 0.5) is 0 Å². The number of hydrogen-bond acceptors (Lipinski definition) is 3. The molecule has 288 valence electrons. The van der Waals surface area contributed by atoms with E-state index in [-0.39, 0.29) is 54.8 Å². The summed E-state index contributed by atoms with van der Waals surface area (Å²) in [6.07, 6.45) is -0.555. The van der Waals surface area contributed by atoms with Crippen LogP contribution in [0.15, 0.2) is 139 Å². The van der Waals surface area contributed by atoms with E-state index in [1.165, 1.54) is 0 Å². The molecule has 0 bridgehead atoms. The summed E-state index contributed by atoms with van der Waals surface area (Å²) in [6, 6.07) is 27.1. The minimum atomic E-state index is -2.40. The van der Waals surface area contributed by atoms with E-state index < -0.39 is 66.2 Å². The largest absolute Gasteiger partial charge is 0.507 e. The Bertz CT molecular complexity index is 3290. The second kappa shape index (κ2) is 15.4. The second-order valence-electron chi connectivity index (χ2n) is 16.1. The molecule has 0 atom stereocenters. The molecule has 0 aliphatic carbocycles. The van der Waals surface area contributed by atoms with Crippen LogP contribution in [-0.4, -0.2) is 19.6 Å². The van der Waals surface area contributed by atoms with E-state index in [1.54, 1.807) is 24.3 Å². The molecule has 8 rings (SSSR count). The molecular weight excluding hydrogens is 878 g/mol. The van der Waals surface area contributed by atoms with Crippen LogP contribution in [-0.2, 0) is 31.9 Å². The summed E-state index contributed by atoms with van der Waals surface area (Å²) in [5, 5.41) is 12.2. The zero-order valence-corrected chi connectivity index (χ0v) is 35.0. The molecule has 0 unspecified atom stereocenters. The standard InChI is InChI=1S/C52H48N3O.Pt/c1-33-22-23-46(42(26-33)36-18-13-10-14-19-36)55-47-21-15-20-41(48(47)54-50(55)43-27-34(2)28-44(49(43)56)52(6,7)8)38-29-39(31-40(30-38)51(3,4)5)45-32-37(24-25-53-45)35-16-11-9-12-17-35;/h9-28,30-32,56H,1-8H3;/q-1;/i1D3,9D,11D,12D,16D,17D,24D,25D,32D;. The van der Waals surface area contributed by atoms with Gasteiger partial charge in [-0.2, -0.15) is 0 Å². The number of phenolic OH excluding ortho intramolecular Hbond substituents is 1. The van der Waals surface area contributed by atoms with Crippen LogP contribution in [0.25, 0.3) is 72.7 Å². The zero-order chi connectivity index (χ0) is 48.8. The first-order chi connectivity index (χ1) is 31.3. The summed E-state index contributed by atoms with van der Waals surface area (Å²) < 4.78 is 96.1. The van der Waals surface area contributed by atoms with Gasteiger partial charge in [0.2, 0.25) is 0 Å². The van der Waals surface area contributed by atoms with E-state index in [0.29, 0.717) is 50.4 Å². The third kappa shape index (κ3) is 7.76. The van der Waals surface area contributed by atoms with Crippen LogP contribution < -0.4 is 0 Å². The first-order valence-corrected chi connectivity index (χ1v) is 18.5. The maximum Gasteiger partial charge on any atom is 0.148 e. The predicted molar refractivity (Wildman–Crippen MR) is 233 cm³/mol. The molecule has 8 aromatic rings. The maximum absolute atomic E-state index is 12.2. The average molecular weight is 937 g/mol. The van der Waals surface area contributed by atoms with Gasteiger partial charge in [0.15, 0.2) is 0 Å². The Morgan fingerprint density at radius 1 is 0.702 bits per heavy atom. The number of aromatic nitrogens is 3. The van der Waals surface area contributed by atoms with Crippen molar-refractivity contribution in [1.29, 1.82) is 0 Å². The van der Waals surface area contributed by atoms with E-state index in [9.17, 15) is 6.48 Å². The van der Waals surface area contributed by atoms with Gasteiger partial charge in [-0.15, -0.1) is 29.3 Å². The summed E-state index contributed by atoms with van der Waals surface area (Å²) in [5.41, 5.74) is 5.82. The quantitative estimate of drug-likeness (QED) is 0.169. The number of rotatable bonds is 6. The molecule has 5 heteroatoms. The van der Waals surface area contributed by atoms with Crippen molar-refractivity contribution >= 4 is 11.0 Å². The molecule has 4 nitrogen and oxygen atoms in total. The molecular formula is C52H48N3OPt-. The van der Waals surface area contributed by atoms with Crippen LogP contribution in [0.3, 0.4) is 0 Å². The Morgan fingerprint density at radius 3 is 2.16 bits per heavy atom. The van der Waals surface area contributed by atoms with Gasteiger partial charge >= 0.3 is 0 Å². The fraction of sp³-hybridized carbons (Fsp3) is 0.192. The van der Waals surface area contributed by atoms with E-state index in [1.807, 2.05) is 120 Å². The number of para-hydroxylation sites is 1. The van der Waals surface area contributed by atoms with E-state index >= 15 is 0 Å². The van der Waals surface area contributed by atoms with Crippen molar-refractivity contribution in [3.05, 3.63) is 168 Å². The molecule has 0 spiro atoms. The van der Waals surface area contributed by atoms with Gasteiger partial charge in [0.25, 0.3) is 0 Å². The summed E-state index contributed by atoms with van der Waals surface area (Å²) in [7, 11) is 0. The van der Waals surface area contributed by atoms with Crippen LogP contribution in [0.5, 0.6) is 5.75 Å². The van der Waals surface area contributed by atoms with Crippen LogP contribution in [0, 0.1) is 19.8 Å². The molecule has 0 aliphatic rings. The fourth-order valence-corrected chi connectivity index (χ4v) is 7.06. The number of imidazole rings is 1. The molecule has 0 saturated carbocycles. The third-order valence-corrected chi connectivity index (χ3v) is 9.93. The SMILES string of the molecule is [2H]c1nc(-c2[c-]c(-c3cccc4c3nc(-c3cc(C)cc(C(C)(C)C)c3O)n4-c3ccc(C([2H])([2H])[2H])cc3-c3ccccc3)cc(C(C)(C)C)c2)c([2H])c(-c2c([2H])c([2H])c([2H])c([2H])c2[2H])c1[2H].[Pt]. The normalized spacial score (nSPS) is 14.8. The van der Waals surface area contributed by atoms with E-state index in [0.717, 1.165) is 16.7 Å². The van der Waals surface area contributed by atoms with Gasteiger partial charge in [0.1, 0.15) is 11.6 Å². The van der Waals surface area contributed by atoms with Crippen molar-refractivity contribution in [3.63, 3.8) is 0 Å². The van der Waals surface area contributed by atoms with Crippen LogP contribution in [0.1, 0.15) is 78.9 Å². The number of fused-ring (bicyclic) bond motifs is 1. The van der Waals surface area contributed by atoms with Crippen molar-refractivity contribution < 1.29 is 41.3 Å². The Labute approximate surface area is 367 Å². The Kier molecular flexibility index (Phi) is 7.55. The molecule has 0 radical (unpaired) electrons. The van der Waals surface area contributed by atoms with Crippen molar-refractivity contribution in [1.82, 2.24) is 14.5 Å². The number of phenols is 1. The molecule has 2 aromatic heterocycles. The maximum atomic E-state index is 12.2. The third-order valence-electron chi connectivity index (χ3n) is 9.93. The first kappa shape index (κ1) is 27.9. The Balaban J connectivity index is 0.00000684. The van der Waals surface area contributed by atoms with Crippen molar-refractivity contribution in [3.8, 4) is 67.5 Å². The minimum absolute atomic E-state index is 0. The first-order valence-electron chi connectivity index (χ1n) is 24.0. The van der Waals surface area contributed by atoms with Crippen molar-refractivity contribution in [2.24, 2.45) is 0 Å². The molecule has 0 saturated heterocycles. The predicted octanol–water partition coefficient (Wildman–Crippen LogP) is 13.5. The fourth-order valence-electron chi connectivity index (χ4n) is 7.06. The van der Waals surface area contributed by atoms with Crippen molar-refractivity contribution in [2.75, 3.05) is 0 Å². The molecule has 0 fully saturated rings. The van der Waals surface area contributed by atoms with Crippen molar-refractivity contribution in [2.45, 2.75) is 66.1 Å².